The van der Waals surface area contributed by atoms with Gasteiger partial charge in [0, 0.05) is 13.1 Å². The number of carboxylic acid groups (broad SMARTS) is 1. The Labute approximate surface area is 142 Å². The lowest BCUT2D eigenvalue weighted by atomic mass is 9.67. The molecule has 1 aliphatic carbocycles. The van der Waals surface area contributed by atoms with Crippen molar-refractivity contribution < 1.29 is 28.8 Å². The van der Waals surface area contributed by atoms with Gasteiger partial charge in [0.2, 0.25) is 0 Å². The zero-order valence-electron chi connectivity index (χ0n) is 15.0. The van der Waals surface area contributed by atoms with E-state index in [-0.39, 0.29) is 5.92 Å². The molecule has 0 amide bonds. The van der Waals surface area contributed by atoms with Crippen molar-refractivity contribution in [1.29, 1.82) is 0 Å². The molecule has 7 nitrogen and oxygen atoms in total. The summed E-state index contributed by atoms with van der Waals surface area (Å²) in [7, 11) is 4.51. The third-order valence-corrected chi connectivity index (χ3v) is 4.88. The van der Waals surface area contributed by atoms with Crippen LogP contribution in [0.3, 0.4) is 0 Å². The fourth-order valence-corrected chi connectivity index (χ4v) is 3.57. The molecule has 2 aliphatic rings. The van der Waals surface area contributed by atoms with Gasteiger partial charge in [0.05, 0.1) is 52.0 Å². The minimum atomic E-state index is -1.30. The molecule has 0 N–H and O–H groups in total. The van der Waals surface area contributed by atoms with Gasteiger partial charge in [-0.05, 0) is 12.0 Å². The van der Waals surface area contributed by atoms with Gasteiger partial charge in [-0.2, -0.15) is 0 Å². The van der Waals surface area contributed by atoms with Gasteiger partial charge in [0.25, 0.3) is 0 Å². The first-order valence-electron chi connectivity index (χ1n) is 8.06. The summed E-state index contributed by atoms with van der Waals surface area (Å²) in [6, 6.07) is -0.551. The Morgan fingerprint density at radius 2 is 1.88 bits per heavy atom. The molecule has 1 heterocycles. The van der Waals surface area contributed by atoms with Crippen molar-refractivity contribution in [3.8, 4) is 0 Å². The van der Waals surface area contributed by atoms with Gasteiger partial charge in [-0.1, -0.05) is 13.8 Å². The molecule has 0 bridgehead atoms. The summed E-state index contributed by atoms with van der Waals surface area (Å²) in [6.45, 7) is 6.00. The van der Waals surface area contributed by atoms with Gasteiger partial charge in [0.15, 0.2) is 17.3 Å². The third kappa shape index (κ3) is 2.86. The molecule has 24 heavy (non-hydrogen) atoms. The zero-order chi connectivity index (χ0) is 17.9. The fourth-order valence-electron chi connectivity index (χ4n) is 3.57. The van der Waals surface area contributed by atoms with E-state index < -0.39 is 17.4 Å². The number of ether oxygens (including phenoxy) is 4. The fraction of sp³-hybridized carbons (Fsp3) is 0.706. The van der Waals surface area contributed by atoms with Gasteiger partial charge in [-0.3, -0.25) is 4.90 Å². The lowest BCUT2D eigenvalue weighted by Crippen LogP contribution is -2.62. The SMILES string of the molecule is COC1=CC(C(=O)[O-])(C(C)C)C(N2CCOCC2)C(OC)=C1OC. The Morgan fingerprint density at radius 3 is 2.29 bits per heavy atom. The van der Waals surface area contributed by atoms with E-state index in [2.05, 4.69) is 4.90 Å². The highest BCUT2D eigenvalue weighted by molar-refractivity contribution is 5.78. The molecular formula is C17H26NO6-. The number of carboxylic acids is 1. The monoisotopic (exact) mass is 340 g/mol. The smallest absolute Gasteiger partial charge is 0.200 e. The number of carbonyl (C=O) groups is 1. The van der Waals surface area contributed by atoms with Gasteiger partial charge >= 0.3 is 0 Å². The van der Waals surface area contributed by atoms with E-state index >= 15 is 0 Å². The van der Waals surface area contributed by atoms with E-state index in [9.17, 15) is 9.90 Å². The molecule has 0 radical (unpaired) electrons. The number of hydrogen-bond donors (Lipinski definition) is 0. The standard InChI is InChI=1S/C17H27NO6/c1-11(2)17(16(19)20)10-12(21-3)13(22-4)14(23-5)15(17)18-6-8-24-9-7-18/h10-11,15H,6-9H2,1-5H3,(H,19,20)/p-1. The van der Waals surface area contributed by atoms with Crippen LogP contribution in [0, 0.1) is 11.3 Å². The Kier molecular flexibility index (Phi) is 5.77. The molecule has 2 unspecified atom stereocenters. The number of methoxy groups -OCH3 is 3. The average Bonchev–Trinajstić information content (AvgIpc) is 2.59. The second-order valence-electron chi connectivity index (χ2n) is 6.24. The summed E-state index contributed by atoms with van der Waals surface area (Å²) in [4.78, 5) is 14.4. The summed E-state index contributed by atoms with van der Waals surface area (Å²) in [5.41, 5.74) is -1.30. The summed E-state index contributed by atoms with van der Waals surface area (Å²) >= 11 is 0. The lowest BCUT2D eigenvalue weighted by Gasteiger charge is -2.50. The van der Waals surface area contributed by atoms with Crippen LogP contribution in [0.15, 0.2) is 23.4 Å². The van der Waals surface area contributed by atoms with Crippen molar-refractivity contribution in [2.45, 2.75) is 19.9 Å². The van der Waals surface area contributed by atoms with Crippen molar-refractivity contribution in [2.75, 3.05) is 47.6 Å². The predicted molar refractivity (Wildman–Crippen MR) is 84.6 cm³/mol. The van der Waals surface area contributed by atoms with E-state index in [0.717, 1.165) is 0 Å². The number of aliphatic carboxylic acids is 1. The Hall–Kier alpha value is -1.73. The molecule has 0 aromatic heterocycles. The molecule has 1 fully saturated rings. The molecule has 2 atom stereocenters. The molecule has 2 rings (SSSR count). The molecule has 1 saturated heterocycles. The number of rotatable bonds is 6. The maximum absolute atomic E-state index is 12.3. The maximum atomic E-state index is 12.3. The molecule has 0 aromatic carbocycles. The average molecular weight is 340 g/mol. The van der Waals surface area contributed by atoms with Crippen molar-refractivity contribution >= 4 is 5.97 Å². The van der Waals surface area contributed by atoms with Crippen LogP contribution in [0.1, 0.15) is 13.8 Å². The molecule has 0 saturated carbocycles. The molecule has 1 aliphatic heterocycles. The largest absolute Gasteiger partial charge is 0.549 e. The van der Waals surface area contributed by atoms with Gasteiger partial charge in [-0.25, -0.2) is 0 Å². The maximum Gasteiger partial charge on any atom is 0.200 e. The minimum Gasteiger partial charge on any atom is -0.549 e. The number of nitrogens with zero attached hydrogens (tertiary/aromatic N) is 1. The molecular weight excluding hydrogens is 314 g/mol. The molecule has 7 heteroatoms. The highest BCUT2D eigenvalue weighted by Crippen LogP contribution is 2.46. The second kappa shape index (κ2) is 7.44. The summed E-state index contributed by atoms with van der Waals surface area (Å²) in [5, 5.41) is 12.3. The van der Waals surface area contributed by atoms with Gasteiger partial charge in [0.1, 0.15) is 0 Å². The van der Waals surface area contributed by atoms with E-state index in [0.29, 0.717) is 43.6 Å². The van der Waals surface area contributed by atoms with Crippen LogP contribution < -0.4 is 5.11 Å². The van der Waals surface area contributed by atoms with Crippen LogP contribution in [0.5, 0.6) is 0 Å². The third-order valence-electron chi connectivity index (χ3n) is 4.88. The van der Waals surface area contributed by atoms with Crippen molar-refractivity contribution in [1.82, 2.24) is 4.90 Å². The summed E-state index contributed by atoms with van der Waals surface area (Å²) in [6.07, 6.45) is 1.61. The normalized spacial score (nSPS) is 28.6. The first-order valence-corrected chi connectivity index (χ1v) is 8.06. The first-order chi connectivity index (χ1) is 11.4. The van der Waals surface area contributed by atoms with Crippen molar-refractivity contribution in [2.24, 2.45) is 11.3 Å². The van der Waals surface area contributed by atoms with Crippen LogP contribution in [0.4, 0.5) is 0 Å². The quantitative estimate of drug-likeness (QED) is 0.680. The van der Waals surface area contributed by atoms with Gasteiger partial charge < -0.3 is 28.8 Å². The van der Waals surface area contributed by atoms with Crippen LogP contribution in [-0.2, 0) is 23.7 Å². The second-order valence-corrected chi connectivity index (χ2v) is 6.24. The van der Waals surface area contributed by atoms with Crippen molar-refractivity contribution in [3.05, 3.63) is 23.4 Å². The molecule has 0 aromatic rings. The highest BCUT2D eigenvalue weighted by atomic mass is 16.5. The Bertz CT molecular complexity index is 535. The predicted octanol–water partition coefficient (Wildman–Crippen LogP) is 0.128. The summed E-state index contributed by atoms with van der Waals surface area (Å²) < 4.78 is 21.9. The lowest BCUT2D eigenvalue weighted by molar-refractivity contribution is -0.322. The zero-order valence-corrected chi connectivity index (χ0v) is 15.0. The molecule has 136 valence electrons. The summed E-state index contributed by atoms with van der Waals surface area (Å²) in [5.74, 6) is -0.209. The van der Waals surface area contributed by atoms with Crippen LogP contribution in [0.25, 0.3) is 0 Å². The topological polar surface area (TPSA) is 80.3 Å². The van der Waals surface area contributed by atoms with E-state index in [1.165, 1.54) is 21.3 Å². The first kappa shape index (κ1) is 18.6. The highest BCUT2D eigenvalue weighted by Gasteiger charge is 2.52. The van der Waals surface area contributed by atoms with Crippen molar-refractivity contribution in [3.63, 3.8) is 0 Å². The number of carbonyl (C=O) groups excluding carboxylic acids is 1. The number of morpholine rings is 1. The van der Waals surface area contributed by atoms with E-state index in [4.69, 9.17) is 18.9 Å². The van der Waals surface area contributed by atoms with Crippen LogP contribution >= 0.6 is 0 Å². The van der Waals surface area contributed by atoms with E-state index in [1.54, 1.807) is 6.08 Å². The minimum absolute atomic E-state index is 0.246. The Morgan fingerprint density at radius 1 is 1.25 bits per heavy atom. The van der Waals surface area contributed by atoms with E-state index in [1.807, 2.05) is 13.8 Å². The van der Waals surface area contributed by atoms with Crippen LogP contribution in [-0.4, -0.2) is 64.5 Å². The number of hydrogen-bond acceptors (Lipinski definition) is 7. The Balaban J connectivity index is 2.67. The van der Waals surface area contributed by atoms with Gasteiger partial charge in [-0.15, -0.1) is 0 Å². The molecule has 0 spiro atoms. The van der Waals surface area contributed by atoms with Crippen LogP contribution in [0.2, 0.25) is 0 Å².